The van der Waals surface area contributed by atoms with E-state index >= 15 is 0 Å². The van der Waals surface area contributed by atoms with E-state index < -0.39 is 0 Å². The first-order valence-electron chi connectivity index (χ1n) is 11.4. The molecule has 176 valence electrons. The number of anilines is 2. The molecule has 0 atom stereocenters. The van der Waals surface area contributed by atoms with Crippen molar-refractivity contribution in [2.75, 3.05) is 44.7 Å². The van der Waals surface area contributed by atoms with Gasteiger partial charge in [0.2, 0.25) is 10.1 Å². The molecular weight excluding hydrogens is 452 g/mol. The molecule has 2 aromatic heterocycles. The van der Waals surface area contributed by atoms with E-state index in [1.807, 2.05) is 18.2 Å². The van der Waals surface area contributed by atoms with Gasteiger partial charge in [-0.3, -0.25) is 14.5 Å². The zero-order valence-electron chi connectivity index (χ0n) is 18.9. The first-order chi connectivity index (χ1) is 16.6. The normalized spacial score (nSPS) is 14.5. The lowest BCUT2D eigenvalue weighted by Gasteiger charge is -2.26. The van der Waals surface area contributed by atoms with Crippen LogP contribution in [0.4, 0.5) is 10.8 Å². The third kappa shape index (κ3) is 4.65. The standard InChI is InChI=1S/C24H26N6O3S/c1-2-16-5-3-4-6-19(16)26-23-28-30-22(32)18-8-7-17(15-20(18)27-24(30)34-23)21(31)25-9-10-29-11-13-33-14-12-29/h3-8,15H,2,9-14H2,1H3,(H,25,31)(H,26,28). The van der Waals surface area contributed by atoms with Crippen LogP contribution in [0.5, 0.6) is 0 Å². The molecule has 34 heavy (non-hydrogen) atoms. The minimum Gasteiger partial charge on any atom is -0.379 e. The first-order valence-corrected chi connectivity index (χ1v) is 12.2. The van der Waals surface area contributed by atoms with Gasteiger partial charge in [-0.15, -0.1) is 5.10 Å². The van der Waals surface area contributed by atoms with Gasteiger partial charge in [-0.2, -0.15) is 4.52 Å². The molecule has 4 aromatic rings. The van der Waals surface area contributed by atoms with Crippen molar-refractivity contribution in [1.82, 2.24) is 24.8 Å². The van der Waals surface area contributed by atoms with Crippen molar-refractivity contribution in [3.8, 4) is 0 Å². The van der Waals surface area contributed by atoms with Gasteiger partial charge in [0.25, 0.3) is 11.5 Å². The number of nitrogens with one attached hydrogen (secondary N) is 2. The molecule has 0 unspecified atom stereocenters. The van der Waals surface area contributed by atoms with Crippen LogP contribution in [0.25, 0.3) is 15.9 Å². The third-order valence-corrected chi connectivity index (χ3v) is 6.74. The van der Waals surface area contributed by atoms with Gasteiger partial charge in [-0.25, -0.2) is 4.98 Å². The predicted molar refractivity (Wildman–Crippen MR) is 133 cm³/mol. The summed E-state index contributed by atoms with van der Waals surface area (Å²) in [5.41, 5.74) is 2.82. The average Bonchev–Trinajstić information content (AvgIpc) is 3.27. The number of para-hydroxylation sites is 1. The van der Waals surface area contributed by atoms with Gasteiger partial charge >= 0.3 is 0 Å². The molecule has 0 radical (unpaired) electrons. The molecule has 1 aliphatic rings. The van der Waals surface area contributed by atoms with Gasteiger partial charge in [0.15, 0.2) is 0 Å². The van der Waals surface area contributed by atoms with Gasteiger partial charge < -0.3 is 15.4 Å². The van der Waals surface area contributed by atoms with Crippen molar-refractivity contribution in [3.63, 3.8) is 0 Å². The third-order valence-electron chi connectivity index (χ3n) is 5.92. The summed E-state index contributed by atoms with van der Waals surface area (Å²) in [4.78, 5) is 33.0. The summed E-state index contributed by atoms with van der Waals surface area (Å²) in [6.45, 7) is 6.64. The Kier molecular flexibility index (Phi) is 6.52. The maximum atomic E-state index is 13.0. The van der Waals surface area contributed by atoms with Gasteiger partial charge in [-0.05, 0) is 36.2 Å². The molecule has 1 saturated heterocycles. The number of hydrogen-bond donors (Lipinski definition) is 2. The number of amides is 1. The lowest BCUT2D eigenvalue weighted by molar-refractivity contribution is 0.0383. The molecule has 5 rings (SSSR count). The Bertz CT molecular complexity index is 1390. The molecule has 1 aliphatic heterocycles. The van der Waals surface area contributed by atoms with E-state index in [0.717, 1.165) is 50.5 Å². The minimum atomic E-state index is -0.257. The number of carbonyl (C=O) groups excluding carboxylic acids is 1. The average molecular weight is 479 g/mol. The highest BCUT2D eigenvalue weighted by molar-refractivity contribution is 7.20. The molecule has 0 bridgehead atoms. The molecular formula is C24H26N6O3S. The van der Waals surface area contributed by atoms with Gasteiger partial charge in [0.1, 0.15) is 0 Å². The summed E-state index contributed by atoms with van der Waals surface area (Å²) in [7, 11) is 0. The van der Waals surface area contributed by atoms with E-state index in [2.05, 4.69) is 38.6 Å². The lowest BCUT2D eigenvalue weighted by Crippen LogP contribution is -2.41. The molecule has 0 saturated carbocycles. The molecule has 2 N–H and O–H groups in total. The number of benzene rings is 2. The van der Waals surface area contributed by atoms with E-state index in [-0.39, 0.29) is 11.5 Å². The van der Waals surface area contributed by atoms with Crippen LogP contribution in [0.15, 0.2) is 47.3 Å². The fourth-order valence-electron chi connectivity index (χ4n) is 4.02. The number of aromatic nitrogens is 3. The van der Waals surface area contributed by atoms with E-state index in [9.17, 15) is 9.59 Å². The number of hydrogen-bond acceptors (Lipinski definition) is 8. The van der Waals surface area contributed by atoms with Crippen LogP contribution in [0.3, 0.4) is 0 Å². The number of aryl methyl sites for hydroxylation is 1. The number of ether oxygens (including phenoxy) is 1. The predicted octanol–water partition coefficient (Wildman–Crippen LogP) is 2.67. The summed E-state index contributed by atoms with van der Waals surface area (Å²) in [6, 6.07) is 13.0. The number of nitrogens with zero attached hydrogens (tertiary/aromatic N) is 4. The Balaban J connectivity index is 1.36. The van der Waals surface area contributed by atoms with Crippen LogP contribution < -0.4 is 16.2 Å². The van der Waals surface area contributed by atoms with E-state index in [1.54, 1.807) is 18.2 Å². The zero-order chi connectivity index (χ0) is 23.5. The number of morpholine rings is 1. The molecule has 0 spiro atoms. The summed E-state index contributed by atoms with van der Waals surface area (Å²) < 4.78 is 6.66. The minimum absolute atomic E-state index is 0.181. The van der Waals surface area contributed by atoms with Gasteiger partial charge in [0, 0.05) is 37.4 Å². The summed E-state index contributed by atoms with van der Waals surface area (Å²) in [5.74, 6) is -0.181. The largest absolute Gasteiger partial charge is 0.379 e. The van der Waals surface area contributed by atoms with Crippen LogP contribution in [0.2, 0.25) is 0 Å². The Morgan fingerprint density at radius 3 is 2.82 bits per heavy atom. The molecule has 10 heteroatoms. The maximum absolute atomic E-state index is 13.0. The maximum Gasteiger partial charge on any atom is 0.283 e. The second-order valence-electron chi connectivity index (χ2n) is 8.10. The van der Waals surface area contributed by atoms with Crippen molar-refractivity contribution in [3.05, 3.63) is 63.9 Å². The van der Waals surface area contributed by atoms with Crippen molar-refractivity contribution >= 4 is 43.9 Å². The first kappa shape index (κ1) is 22.5. The number of rotatable bonds is 7. The van der Waals surface area contributed by atoms with Crippen LogP contribution in [0, 0.1) is 0 Å². The van der Waals surface area contributed by atoms with Gasteiger partial charge in [0.05, 0.1) is 24.1 Å². The number of fused-ring (bicyclic) bond motifs is 2. The van der Waals surface area contributed by atoms with Crippen LogP contribution >= 0.6 is 11.3 Å². The van der Waals surface area contributed by atoms with Crippen molar-refractivity contribution in [2.24, 2.45) is 0 Å². The van der Waals surface area contributed by atoms with Crippen LogP contribution in [0.1, 0.15) is 22.8 Å². The summed E-state index contributed by atoms with van der Waals surface area (Å²) in [6.07, 6.45) is 0.882. The molecule has 1 amide bonds. The van der Waals surface area contributed by atoms with Crippen molar-refractivity contribution < 1.29 is 9.53 Å². The SMILES string of the molecule is CCc1ccccc1Nc1nn2c(=O)c3ccc(C(=O)NCCN4CCOCC4)cc3nc2s1. The highest BCUT2D eigenvalue weighted by Crippen LogP contribution is 2.25. The van der Waals surface area contributed by atoms with E-state index in [0.29, 0.717) is 33.1 Å². The smallest absolute Gasteiger partial charge is 0.283 e. The summed E-state index contributed by atoms with van der Waals surface area (Å²) in [5, 5.41) is 11.7. The fraction of sp³-hybridized carbons (Fsp3) is 0.333. The van der Waals surface area contributed by atoms with Crippen molar-refractivity contribution in [1.29, 1.82) is 0 Å². The molecule has 0 aliphatic carbocycles. The molecule has 3 heterocycles. The number of carbonyl (C=O) groups is 1. The second kappa shape index (κ2) is 9.88. The molecule has 1 fully saturated rings. The van der Waals surface area contributed by atoms with E-state index in [4.69, 9.17) is 4.74 Å². The monoisotopic (exact) mass is 478 g/mol. The highest BCUT2D eigenvalue weighted by Gasteiger charge is 2.15. The zero-order valence-corrected chi connectivity index (χ0v) is 19.7. The van der Waals surface area contributed by atoms with Crippen LogP contribution in [-0.2, 0) is 11.2 Å². The van der Waals surface area contributed by atoms with Gasteiger partial charge in [-0.1, -0.05) is 36.5 Å². The topological polar surface area (TPSA) is 101 Å². The Morgan fingerprint density at radius 1 is 1.18 bits per heavy atom. The fourth-order valence-corrected chi connectivity index (χ4v) is 4.83. The van der Waals surface area contributed by atoms with Crippen LogP contribution in [-0.4, -0.2) is 64.8 Å². The van der Waals surface area contributed by atoms with E-state index in [1.165, 1.54) is 15.9 Å². The molecule has 2 aromatic carbocycles. The second-order valence-corrected chi connectivity index (χ2v) is 9.05. The molecule has 9 nitrogen and oxygen atoms in total. The quantitative estimate of drug-likeness (QED) is 0.421. The highest BCUT2D eigenvalue weighted by atomic mass is 32.1. The Morgan fingerprint density at radius 2 is 2.00 bits per heavy atom. The van der Waals surface area contributed by atoms with Crippen molar-refractivity contribution in [2.45, 2.75) is 13.3 Å². The lowest BCUT2D eigenvalue weighted by atomic mass is 10.1. The Labute approximate surface area is 200 Å². The Hall–Kier alpha value is -3.34. The summed E-state index contributed by atoms with van der Waals surface area (Å²) >= 11 is 1.30.